The molecule has 5 heteroatoms. The average Bonchev–Trinajstić information content (AvgIpc) is 2.87. The van der Waals surface area contributed by atoms with Crippen LogP contribution < -0.4 is 4.74 Å². The van der Waals surface area contributed by atoms with E-state index >= 15 is 0 Å². The minimum absolute atomic E-state index is 0.104. The highest BCUT2D eigenvalue weighted by Crippen LogP contribution is 2.33. The lowest BCUT2D eigenvalue weighted by Crippen LogP contribution is -2.57. The molecule has 2 saturated heterocycles. The number of nitrogens with zero attached hydrogens (tertiary/aromatic N) is 2. The van der Waals surface area contributed by atoms with Gasteiger partial charge >= 0.3 is 0 Å². The Morgan fingerprint density at radius 1 is 1.00 bits per heavy atom. The second-order valence-electron chi connectivity index (χ2n) is 9.12. The van der Waals surface area contributed by atoms with E-state index in [0.717, 1.165) is 54.4 Å². The fourth-order valence-corrected chi connectivity index (χ4v) is 5.45. The number of piperidine rings is 2. The van der Waals surface area contributed by atoms with Crippen LogP contribution >= 0.6 is 0 Å². The predicted octanol–water partition coefficient (Wildman–Crippen LogP) is 4.54. The molecule has 2 heterocycles. The third-order valence-corrected chi connectivity index (χ3v) is 7.25. The van der Waals surface area contributed by atoms with Crippen molar-refractivity contribution in [3.05, 3.63) is 77.9 Å². The number of rotatable bonds is 5. The molecule has 0 radical (unpaired) electrons. The van der Waals surface area contributed by atoms with Crippen LogP contribution in [-0.2, 0) is 11.2 Å². The molecular formula is C28H30N2O3. The largest absolute Gasteiger partial charge is 0.497 e. The van der Waals surface area contributed by atoms with Crippen LogP contribution in [0.15, 0.2) is 66.7 Å². The van der Waals surface area contributed by atoms with Crippen LogP contribution in [0.2, 0.25) is 0 Å². The summed E-state index contributed by atoms with van der Waals surface area (Å²) in [4.78, 5) is 30.3. The first-order chi connectivity index (χ1) is 16.1. The fraction of sp³-hybridized carbons (Fsp3) is 0.357. The second kappa shape index (κ2) is 9.26. The monoisotopic (exact) mass is 442 g/mol. The molecule has 2 aliphatic heterocycles. The van der Waals surface area contributed by atoms with Crippen molar-refractivity contribution >= 4 is 22.6 Å². The van der Waals surface area contributed by atoms with E-state index in [-0.39, 0.29) is 17.9 Å². The summed E-state index contributed by atoms with van der Waals surface area (Å²) in [6, 6.07) is 22.3. The van der Waals surface area contributed by atoms with E-state index in [1.165, 1.54) is 5.56 Å². The van der Waals surface area contributed by atoms with Crippen molar-refractivity contribution in [1.29, 1.82) is 0 Å². The highest BCUT2D eigenvalue weighted by molar-refractivity contribution is 6.07. The Labute approximate surface area is 194 Å². The maximum absolute atomic E-state index is 13.4. The molecule has 2 fully saturated rings. The van der Waals surface area contributed by atoms with Gasteiger partial charge in [-0.05, 0) is 59.7 Å². The second-order valence-corrected chi connectivity index (χ2v) is 9.12. The number of fused-ring (bicyclic) bond motifs is 2. The maximum Gasteiger partial charge on any atom is 0.254 e. The van der Waals surface area contributed by atoms with Crippen LogP contribution in [0.3, 0.4) is 0 Å². The minimum Gasteiger partial charge on any atom is -0.497 e. The van der Waals surface area contributed by atoms with Crippen LogP contribution in [0.5, 0.6) is 5.75 Å². The number of methoxy groups -OCH3 is 1. The molecule has 0 aliphatic carbocycles. The molecule has 3 aromatic rings. The first kappa shape index (κ1) is 21.5. The Hall–Kier alpha value is -3.34. The topological polar surface area (TPSA) is 49.9 Å². The Bertz CT molecular complexity index is 1150. The van der Waals surface area contributed by atoms with Crippen molar-refractivity contribution in [2.24, 2.45) is 5.92 Å². The zero-order valence-electron chi connectivity index (χ0n) is 19.1. The molecule has 5 nitrogen and oxygen atoms in total. The summed E-state index contributed by atoms with van der Waals surface area (Å²) in [6.45, 7) is 2.14. The Kier molecular flexibility index (Phi) is 6.03. The maximum atomic E-state index is 13.4. The molecule has 2 amide bonds. The van der Waals surface area contributed by atoms with Crippen molar-refractivity contribution in [1.82, 2.24) is 9.80 Å². The van der Waals surface area contributed by atoms with E-state index in [4.69, 9.17) is 4.74 Å². The Morgan fingerprint density at radius 3 is 2.61 bits per heavy atom. The van der Waals surface area contributed by atoms with Gasteiger partial charge in [0.1, 0.15) is 5.75 Å². The minimum atomic E-state index is 0.104. The quantitative estimate of drug-likeness (QED) is 0.583. The summed E-state index contributed by atoms with van der Waals surface area (Å²) in [5.74, 6) is 1.54. The lowest BCUT2D eigenvalue weighted by molar-refractivity contribution is -0.140. The van der Waals surface area contributed by atoms with Gasteiger partial charge in [0.15, 0.2) is 0 Å². The number of ether oxygens (including phenoxy) is 1. The molecule has 0 unspecified atom stereocenters. The number of benzene rings is 3. The fourth-order valence-electron chi connectivity index (χ4n) is 5.45. The number of carbonyl (C=O) groups is 2. The van der Waals surface area contributed by atoms with Crippen LogP contribution in [0.1, 0.15) is 35.2 Å². The van der Waals surface area contributed by atoms with E-state index in [0.29, 0.717) is 18.9 Å². The molecule has 170 valence electrons. The van der Waals surface area contributed by atoms with E-state index in [1.54, 1.807) is 7.11 Å². The van der Waals surface area contributed by atoms with E-state index in [2.05, 4.69) is 17.0 Å². The first-order valence-electron chi connectivity index (χ1n) is 11.8. The Morgan fingerprint density at radius 2 is 1.79 bits per heavy atom. The van der Waals surface area contributed by atoms with Gasteiger partial charge in [0.2, 0.25) is 5.91 Å². The summed E-state index contributed by atoms with van der Waals surface area (Å²) in [5.41, 5.74) is 1.98. The number of amides is 2. The summed E-state index contributed by atoms with van der Waals surface area (Å²) >= 11 is 0. The SMILES string of the molecule is COc1ccc(CCN2C(=O)CC[C@H]3CN(C(=O)c4cccc5ccccc45)CC[C@H]32)cc1. The zero-order chi connectivity index (χ0) is 22.8. The third kappa shape index (κ3) is 4.32. The molecule has 0 spiro atoms. The molecule has 33 heavy (non-hydrogen) atoms. The van der Waals surface area contributed by atoms with Crippen molar-refractivity contribution in [2.75, 3.05) is 26.7 Å². The number of likely N-dealkylation sites (tertiary alicyclic amines) is 2. The van der Waals surface area contributed by atoms with Gasteiger partial charge in [-0.3, -0.25) is 9.59 Å². The molecule has 3 aromatic carbocycles. The van der Waals surface area contributed by atoms with Crippen molar-refractivity contribution in [3.8, 4) is 5.75 Å². The van der Waals surface area contributed by atoms with Crippen LogP contribution in [0, 0.1) is 5.92 Å². The highest BCUT2D eigenvalue weighted by Gasteiger charge is 2.40. The van der Waals surface area contributed by atoms with Gasteiger partial charge in [-0.25, -0.2) is 0 Å². The van der Waals surface area contributed by atoms with Crippen molar-refractivity contribution in [2.45, 2.75) is 31.7 Å². The van der Waals surface area contributed by atoms with Gasteiger partial charge in [0.25, 0.3) is 5.91 Å². The molecule has 0 N–H and O–H groups in total. The summed E-state index contributed by atoms with van der Waals surface area (Å²) in [6.07, 6.45) is 3.11. The normalized spacial score (nSPS) is 20.6. The average molecular weight is 443 g/mol. The van der Waals surface area contributed by atoms with E-state index in [1.807, 2.05) is 59.5 Å². The van der Waals surface area contributed by atoms with Crippen molar-refractivity contribution < 1.29 is 14.3 Å². The first-order valence-corrected chi connectivity index (χ1v) is 11.8. The molecule has 0 bridgehead atoms. The lowest BCUT2D eigenvalue weighted by atomic mass is 9.83. The molecule has 2 atom stereocenters. The van der Waals surface area contributed by atoms with Crippen LogP contribution in [0.4, 0.5) is 0 Å². The van der Waals surface area contributed by atoms with Crippen LogP contribution in [0.25, 0.3) is 10.8 Å². The van der Waals surface area contributed by atoms with Gasteiger partial charge in [0, 0.05) is 37.7 Å². The molecule has 2 aliphatic rings. The molecule has 0 aromatic heterocycles. The summed E-state index contributed by atoms with van der Waals surface area (Å²) in [5, 5.41) is 2.10. The van der Waals surface area contributed by atoms with E-state index < -0.39 is 0 Å². The third-order valence-electron chi connectivity index (χ3n) is 7.25. The smallest absolute Gasteiger partial charge is 0.254 e. The van der Waals surface area contributed by atoms with Gasteiger partial charge in [-0.1, -0.05) is 48.5 Å². The van der Waals surface area contributed by atoms with Gasteiger partial charge in [-0.15, -0.1) is 0 Å². The highest BCUT2D eigenvalue weighted by atomic mass is 16.5. The standard InChI is InChI=1S/C28H30N2O3/c1-33-23-12-9-20(10-13-23)15-18-30-26-16-17-29(19-22(26)11-14-27(30)31)28(32)25-8-4-6-21-5-2-3-7-24(21)25/h2-10,12-13,22,26H,11,14-19H2,1H3/t22-,26+/m0/s1. The molecular weight excluding hydrogens is 412 g/mol. The summed E-state index contributed by atoms with van der Waals surface area (Å²) < 4.78 is 5.24. The van der Waals surface area contributed by atoms with Gasteiger partial charge in [-0.2, -0.15) is 0 Å². The predicted molar refractivity (Wildman–Crippen MR) is 129 cm³/mol. The molecule has 5 rings (SSSR count). The van der Waals surface area contributed by atoms with Crippen LogP contribution in [-0.4, -0.2) is 54.4 Å². The number of carbonyl (C=O) groups excluding carboxylic acids is 2. The van der Waals surface area contributed by atoms with Gasteiger partial charge in [0.05, 0.1) is 7.11 Å². The number of hydrogen-bond acceptors (Lipinski definition) is 3. The summed E-state index contributed by atoms with van der Waals surface area (Å²) in [7, 11) is 1.67. The Balaban J connectivity index is 1.27. The lowest BCUT2D eigenvalue weighted by Gasteiger charge is -2.47. The van der Waals surface area contributed by atoms with Crippen molar-refractivity contribution in [3.63, 3.8) is 0 Å². The molecule has 0 saturated carbocycles. The van der Waals surface area contributed by atoms with E-state index in [9.17, 15) is 9.59 Å². The number of hydrogen-bond donors (Lipinski definition) is 0. The van der Waals surface area contributed by atoms with Gasteiger partial charge < -0.3 is 14.5 Å². The zero-order valence-corrected chi connectivity index (χ0v) is 19.1.